The van der Waals surface area contributed by atoms with E-state index in [0.717, 1.165) is 25.9 Å². The third-order valence-electron chi connectivity index (χ3n) is 4.13. The van der Waals surface area contributed by atoms with Crippen molar-refractivity contribution in [3.63, 3.8) is 0 Å². The van der Waals surface area contributed by atoms with Crippen LogP contribution in [-0.4, -0.2) is 40.6 Å². The molecule has 0 aliphatic carbocycles. The predicted molar refractivity (Wildman–Crippen MR) is 94.2 cm³/mol. The Hall–Kier alpha value is -2.26. The molecule has 2 N–H and O–H groups in total. The lowest BCUT2D eigenvalue weighted by Crippen LogP contribution is -2.30. The van der Waals surface area contributed by atoms with Gasteiger partial charge in [-0.15, -0.1) is 17.5 Å². The molecule has 1 aliphatic rings. The van der Waals surface area contributed by atoms with Gasteiger partial charge in [0.1, 0.15) is 5.75 Å². The first-order valence-electron chi connectivity index (χ1n) is 8.03. The zero-order valence-corrected chi connectivity index (χ0v) is 14.9. The van der Waals surface area contributed by atoms with Crippen LogP contribution >= 0.6 is 12.4 Å². The topological polar surface area (TPSA) is 81.1 Å². The molecule has 1 amide bonds. The number of nitrogens with one attached hydrogen (secondary N) is 2. The quantitative estimate of drug-likeness (QED) is 0.824. The van der Waals surface area contributed by atoms with E-state index in [4.69, 9.17) is 0 Å². The summed E-state index contributed by atoms with van der Waals surface area (Å²) in [6.07, 6.45) is 1.88. The Morgan fingerprint density at radius 2 is 1.96 bits per heavy atom. The van der Waals surface area contributed by atoms with Crippen molar-refractivity contribution in [2.45, 2.75) is 32.4 Å². The Kier molecular flexibility index (Phi) is 6.87. The van der Waals surface area contributed by atoms with Crippen molar-refractivity contribution in [1.29, 1.82) is 0 Å². The van der Waals surface area contributed by atoms with E-state index in [1.807, 2.05) is 6.92 Å². The van der Waals surface area contributed by atoms with Crippen molar-refractivity contribution in [1.82, 2.24) is 20.3 Å². The normalized spacial score (nSPS) is 14.8. The van der Waals surface area contributed by atoms with Gasteiger partial charge in [-0.25, -0.2) is 4.68 Å². The van der Waals surface area contributed by atoms with E-state index in [2.05, 4.69) is 25.7 Å². The third-order valence-corrected chi connectivity index (χ3v) is 4.13. The second-order valence-electron chi connectivity index (χ2n) is 5.81. The molecule has 3 rings (SSSR count). The number of ether oxygens (including phenoxy) is 1. The van der Waals surface area contributed by atoms with Gasteiger partial charge in [-0.2, -0.15) is 8.78 Å². The molecule has 26 heavy (non-hydrogen) atoms. The highest BCUT2D eigenvalue weighted by Gasteiger charge is 2.23. The van der Waals surface area contributed by atoms with Gasteiger partial charge in [0.25, 0.3) is 5.91 Å². The first-order chi connectivity index (χ1) is 12.0. The average molecular weight is 388 g/mol. The van der Waals surface area contributed by atoms with Crippen molar-refractivity contribution in [3.05, 3.63) is 35.7 Å². The van der Waals surface area contributed by atoms with Crippen LogP contribution in [0.2, 0.25) is 0 Å². The lowest BCUT2D eigenvalue weighted by Gasteiger charge is -2.23. The van der Waals surface area contributed by atoms with Crippen LogP contribution in [0.5, 0.6) is 5.75 Å². The summed E-state index contributed by atoms with van der Waals surface area (Å²) in [6, 6.07) is 5.94. The summed E-state index contributed by atoms with van der Waals surface area (Å²) in [5.41, 5.74) is 1.43. The lowest BCUT2D eigenvalue weighted by atomic mass is 10.1. The van der Waals surface area contributed by atoms with Gasteiger partial charge in [-0.1, -0.05) is 5.21 Å². The SMILES string of the molecule is Cc1c(C(=O)Nc2ccc(OC(F)F)cc2)nnn1C1CCNCC1.Cl. The molecular weight excluding hydrogens is 368 g/mol. The monoisotopic (exact) mass is 387 g/mol. The number of benzene rings is 1. The number of piperidine rings is 1. The average Bonchev–Trinajstić information content (AvgIpc) is 2.98. The highest BCUT2D eigenvalue weighted by molar-refractivity contribution is 6.03. The smallest absolute Gasteiger partial charge is 0.387 e. The number of hydrogen-bond donors (Lipinski definition) is 2. The number of amides is 1. The minimum atomic E-state index is -2.88. The maximum Gasteiger partial charge on any atom is 0.387 e. The Morgan fingerprint density at radius 3 is 2.58 bits per heavy atom. The molecule has 1 saturated heterocycles. The minimum Gasteiger partial charge on any atom is -0.435 e. The molecular formula is C16H20ClF2N5O2. The van der Waals surface area contributed by atoms with E-state index in [-0.39, 0.29) is 35.8 Å². The van der Waals surface area contributed by atoms with Crippen molar-refractivity contribution in [2.75, 3.05) is 18.4 Å². The van der Waals surface area contributed by atoms with Crippen molar-refractivity contribution in [2.24, 2.45) is 0 Å². The van der Waals surface area contributed by atoms with E-state index in [1.54, 1.807) is 4.68 Å². The highest BCUT2D eigenvalue weighted by atomic mass is 35.5. The summed E-state index contributed by atoms with van der Waals surface area (Å²) < 4.78 is 30.4. The Balaban J connectivity index is 0.00000243. The third kappa shape index (κ3) is 4.67. The molecule has 10 heteroatoms. The van der Waals surface area contributed by atoms with Gasteiger partial charge in [-0.05, 0) is 57.1 Å². The van der Waals surface area contributed by atoms with Crippen LogP contribution < -0.4 is 15.4 Å². The van der Waals surface area contributed by atoms with E-state index in [1.165, 1.54) is 24.3 Å². The summed E-state index contributed by atoms with van der Waals surface area (Å²) >= 11 is 0. The summed E-state index contributed by atoms with van der Waals surface area (Å²) in [6.45, 7) is 0.765. The van der Waals surface area contributed by atoms with Gasteiger partial charge in [0.2, 0.25) is 0 Å². The predicted octanol–water partition coefficient (Wildman–Crippen LogP) is 2.79. The molecule has 142 valence electrons. The zero-order valence-electron chi connectivity index (χ0n) is 14.1. The maximum atomic E-state index is 12.4. The van der Waals surface area contributed by atoms with Gasteiger partial charge in [-0.3, -0.25) is 4.79 Å². The van der Waals surface area contributed by atoms with Crippen LogP contribution in [0.4, 0.5) is 14.5 Å². The van der Waals surface area contributed by atoms with Crippen molar-refractivity contribution >= 4 is 24.0 Å². The zero-order chi connectivity index (χ0) is 17.8. The van der Waals surface area contributed by atoms with Crippen molar-refractivity contribution in [3.8, 4) is 5.75 Å². The number of hydrogen-bond acceptors (Lipinski definition) is 5. The first-order valence-corrected chi connectivity index (χ1v) is 8.03. The number of anilines is 1. The molecule has 0 spiro atoms. The van der Waals surface area contributed by atoms with Gasteiger partial charge >= 0.3 is 6.61 Å². The number of aromatic nitrogens is 3. The highest BCUT2D eigenvalue weighted by Crippen LogP contribution is 2.22. The van der Waals surface area contributed by atoms with Gasteiger partial charge in [0.05, 0.1) is 11.7 Å². The second kappa shape index (κ2) is 8.91. The van der Waals surface area contributed by atoms with E-state index in [9.17, 15) is 13.6 Å². The maximum absolute atomic E-state index is 12.4. The molecule has 1 aromatic carbocycles. The van der Waals surface area contributed by atoms with Gasteiger partial charge in [0, 0.05) is 5.69 Å². The molecule has 0 atom stereocenters. The van der Waals surface area contributed by atoms with Crippen LogP contribution in [-0.2, 0) is 0 Å². The molecule has 7 nitrogen and oxygen atoms in total. The first kappa shape index (κ1) is 20.1. The fourth-order valence-electron chi connectivity index (χ4n) is 2.86. The Morgan fingerprint density at radius 1 is 1.31 bits per heavy atom. The minimum absolute atomic E-state index is 0. The number of carbonyl (C=O) groups is 1. The van der Waals surface area contributed by atoms with Crippen LogP contribution in [0.1, 0.15) is 35.1 Å². The summed E-state index contributed by atoms with van der Waals surface area (Å²) in [4.78, 5) is 12.4. The number of rotatable bonds is 5. The lowest BCUT2D eigenvalue weighted by molar-refractivity contribution is -0.0498. The largest absolute Gasteiger partial charge is 0.435 e. The molecule has 2 aromatic rings. The Bertz CT molecular complexity index is 733. The number of alkyl halides is 2. The number of nitrogens with zero attached hydrogens (tertiary/aromatic N) is 3. The standard InChI is InChI=1S/C16H19F2N5O2.ClH/c1-10-14(21-22-23(10)12-6-8-19-9-7-12)15(24)20-11-2-4-13(5-3-11)25-16(17)18;/h2-5,12,16,19H,6-9H2,1H3,(H,20,24);1H. The molecule has 0 unspecified atom stereocenters. The summed E-state index contributed by atoms with van der Waals surface area (Å²) in [5, 5.41) is 14.1. The fraction of sp³-hybridized carbons (Fsp3) is 0.438. The number of carbonyl (C=O) groups excluding carboxylic acids is 1. The van der Waals surface area contributed by atoms with Crippen LogP contribution in [0.3, 0.4) is 0 Å². The molecule has 1 aliphatic heterocycles. The van der Waals surface area contributed by atoms with Gasteiger partial charge < -0.3 is 15.4 Å². The fourth-order valence-corrected chi connectivity index (χ4v) is 2.86. The molecule has 1 aromatic heterocycles. The number of halogens is 3. The Labute approximate surface area is 155 Å². The summed E-state index contributed by atoms with van der Waals surface area (Å²) in [7, 11) is 0. The molecule has 0 bridgehead atoms. The van der Waals surface area contributed by atoms with Crippen LogP contribution in [0.25, 0.3) is 0 Å². The van der Waals surface area contributed by atoms with E-state index < -0.39 is 6.61 Å². The van der Waals surface area contributed by atoms with Crippen LogP contribution in [0, 0.1) is 6.92 Å². The molecule has 1 fully saturated rings. The van der Waals surface area contributed by atoms with E-state index >= 15 is 0 Å². The van der Waals surface area contributed by atoms with Gasteiger partial charge in [0.15, 0.2) is 5.69 Å². The molecule has 2 heterocycles. The molecule has 0 saturated carbocycles. The van der Waals surface area contributed by atoms with Crippen LogP contribution in [0.15, 0.2) is 24.3 Å². The second-order valence-corrected chi connectivity index (χ2v) is 5.81. The molecule has 0 radical (unpaired) electrons. The summed E-state index contributed by atoms with van der Waals surface area (Å²) in [5.74, 6) is -0.360. The van der Waals surface area contributed by atoms with Crippen molar-refractivity contribution < 1.29 is 18.3 Å². The van der Waals surface area contributed by atoms with E-state index in [0.29, 0.717) is 11.4 Å².